The Morgan fingerprint density at radius 2 is 2.10 bits per heavy atom. The summed E-state index contributed by atoms with van der Waals surface area (Å²) in [6.07, 6.45) is 1.71. The lowest BCUT2D eigenvalue weighted by Crippen LogP contribution is -2.07. The highest BCUT2D eigenvalue weighted by molar-refractivity contribution is 7.99. The monoisotopic (exact) mass is 307 g/mol. The van der Waals surface area contributed by atoms with Crippen LogP contribution in [0.3, 0.4) is 0 Å². The number of rotatable bonds is 5. The van der Waals surface area contributed by atoms with Crippen molar-refractivity contribution in [3.05, 3.63) is 40.1 Å². The Labute approximate surface area is 125 Å². The van der Waals surface area contributed by atoms with Crippen molar-refractivity contribution in [2.45, 2.75) is 16.7 Å². The van der Waals surface area contributed by atoms with E-state index < -0.39 is 4.92 Å². The van der Waals surface area contributed by atoms with Crippen LogP contribution in [-0.2, 0) is 0 Å². The van der Waals surface area contributed by atoms with Crippen molar-refractivity contribution in [3.8, 4) is 0 Å². The fourth-order valence-corrected chi connectivity index (χ4v) is 2.55. The van der Waals surface area contributed by atoms with Gasteiger partial charge in [0.15, 0.2) is 0 Å². The van der Waals surface area contributed by atoms with Crippen molar-refractivity contribution in [2.24, 2.45) is 0 Å². The number of anilines is 1. The quantitative estimate of drug-likeness (QED) is 0.300. The Hall–Kier alpha value is -2.35. The smallest absolute Gasteiger partial charge is 0.313 e. The van der Waals surface area contributed by atoms with E-state index in [0.717, 1.165) is 4.90 Å². The fraction of sp³-hybridized carbons (Fsp3) is 0.231. The fourth-order valence-electron chi connectivity index (χ4n) is 1.57. The molecule has 0 saturated heterocycles. The average molecular weight is 307 g/mol. The molecule has 0 aliphatic rings. The van der Waals surface area contributed by atoms with Gasteiger partial charge in [0.2, 0.25) is 6.34 Å². The number of hydrogen-bond acceptors (Lipinski definition) is 5. The lowest BCUT2D eigenvalue weighted by Gasteiger charge is -2.01. The molecule has 2 rings (SSSR count). The zero-order valence-electron chi connectivity index (χ0n) is 11.9. The van der Waals surface area contributed by atoms with Crippen LogP contribution >= 0.6 is 11.8 Å². The van der Waals surface area contributed by atoms with Crippen molar-refractivity contribution in [3.63, 3.8) is 0 Å². The van der Waals surface area contributed by atoms with Gasteiger partial charge in [-0.05, 0) is 13.0 Å². The molecule has 1 aromatic heterocycles. The predicted molar refractivity (Wildman–Crippen MR) is 80.3 cm³/mol. The van der Waals surface area contributed by atoms with E-state index in [1.807, 2.05) is 18.7 Å². The zero-order valence-corrected chi connectivity index (χ0v) is 12.7. The van der Waals surface area contributed by atoms with Crippen LogP contribution in [0.25, 0.3) is 0 Å². The van der Waals surface area contributed by atoms with Crippen molar-refractivity contribution in [1.29, 1.82) is 0 Å². The molecular weight excluding hydrogens is 292 g/mol. The van der Waals surface area contributed by atoms with Crippen LogP contribution in [0.2, 0.25) is 0 Å². The largest absolute Gasteiger partial charge is 0.327 e. The first-order valence-corrected chi connectivity index (χ1v) is 6.94. The Kier molecular flexibility index (Phi) is 4.59. The number of nitrogens with one attached hydrogen (secondary N) is 1. The summed E-state index contributed by atoms with van der Waals surface area (Å²) in [5, 5.41) is 17.9. The van der Waals surface area contributed by atoms with Crippen molar-refractivity contribution in [1.82, 2.24) is 5.16 Å². The van der Waals surface area contributed by atoms with Crippen LogP contribution in [0.15, 0.2) is 38.6 Å². The van der Waals surface area contributed by atoms with Gasteiger partial charge < -0.3 is 4.52 Å². The maximum absolute atomic E-state index is 11.1. The maximum Gasteiger partial charge on any atom is 0.327 e. The number of aromatic nitrogens is 1. The van der Waals surface area contributed by atoms with E-state index in [1.54, 1.807) is 31.5 Å². The predicted octanol–water partition coefficient (Wildman–Crippen LogP) is 2.75. The standard InChI is InChI=1S/C13H14N4O3S/c1-9-12(13(20-15-9)14-8-16(2)3)21-11-7-5-4-6-10(11)17(18)19/h4-8H,1-3H3/p+1. The van der Waals surface area contributed by atoms with Gasteiger partial charge in [-0.1, -0.05) is 29.1 Å². The summed E-state index contributed by atoms with van der Waals surface area (Å²) in [6.45, 7) is 1.79. The van der Waals surface area contributed by atoms with Crippen molar-refractivity contribution >= 4 is 29.7 Å². The third kappa shape index (κ3) is 3.60. The summed E-state index contributed by atoms with van der Waals surface area (Å²) in [4.78, 5) is 11.9. The first-order valence-electron chi connectivity index (χ1n) is 6.13. The molecule has 0 radical (unpaired) electrons. The van der Waals surface area contributed by atoms with E-state index in [-0.39, 0.29) is 5.69 Å². The zero-order chi connectivity index (χ0) is 15.4. The molecular formula is C13H15N4O3S+. The van der Waals surface area contributed by atoms with E-state index in [2.05, 4.69) is 10.5 Å². The topological polar surface area (TPSA) is 84.2 Å². The minimum Gasteiger partial charge on any atom is -0.313 e. The summed E-state index contributed by atoms with van der Waals surface area (Å²) in [6, 6.07) is 6.58. The number of nitrogens with zero attached hydrogens (tertiary/aromatic N) is 3. The molecule has 0 spiro atoms. The van der Waals surface area contributed by atoms with Crippen LogP contribution in [0.5, 0.6) is 0 Å². The molecule has 0 amide bonds. The van der Waals surface area contributed by atoms with E-state index in [9.17, 15) is 10.1 Å². The number of benzene rings is 1. The average Bonchev–Trinajstić information content (AvgIpc) is 2.78. The highest BCUT2D eigenvalue weighted by Crippen LogP contribution is 2.39. The highest BCUT2D eigenvalue weighted by Gasteiger charge is 2.21. The van der Waals surface area contributed by atoms with Gasteiger partial charge >= 0.3 is 5.88 Å². The normalized spacial score (nSPS) is 10.2. The number of para-hydroxylation sites is 1. The lowest BCUT2D eigenvalue weighted by molar-refractivity contribution is -0.459. The van der Waals surface area contributed by atoms with Gasteiger partial charge in [-0.2, -0.15) is 0 Å². The molecule has 110 valence electrons. The Morgan fingerprint density at radius 1 is 1.38 bits per heavy atom. The van der Waals surface area contributed by atoms with Crippen molar-refractivity contribution < 1.29 is 14.0 Å². The lowest BCUT2D eigenvalue weighted by atomic mass is 10.3. The van der Waals surface area contributed by atoms with Crippen LogP contribution in [0, 0.1) is 17.0 Å². The first kappa shape index (κ1) is 15.0. The molecule has 0 aliphatic carbocycles. The summed E-state index contributed by atoms with van der Waals surface area (Å²) in [5.74, 6) is 0.462. The van der Waals surface area contributed by atoms with Crippen LogP contribution in [-0.4, -0.2) is 35.1 Å². The van der Waals surface area contributed by atoms with Gasteiger partial charge in [0.1, 0.15) is 4.90 Å². The van der Waals surface area contributed by atoms with Crippen LogP contribution in [0.1, 0.15) is 5.69 Å². The summed E-state index contributed by atoms with van der Waals surface area (Å²) < 4.78 is 7.03. The molecule has 0 fully saturated rings. The number of aryl methyl sites for hydroxylation is 1. The second kappa shape index (κ2) is 6.40. The van der Waals surface area contributed by atoms with Gasteiger partial charge in [-0.3, -0.25) is 14.7 Å². The minimum atomic E-state index is -0.399. The third-order valence-corrected chi connectivity index (χ3v) is 3.79. The maximum atomic E-state index is 11.1. The molecule has 1 aromatic carbocycles. The third-order valence-electron chi connectivity index (χ3n) is 2.54. The molecule has 1 heterocycles. The number of nitro benzene ring substituents is 1. The van der Waals surface area contributed by atoms with Gasteiger partial charge in [0, 0.05) is 6.07 Å². The van der Waals surface area contributed by atoms with Crippen LogP contribution in [0.4, 0.5) is 11.6 Å². The molecule has 1 N–H and O–H groups in total. The Balaban J connectivity index is 2.34. The Morgan fingerprint density at radius 3 is 2.76 bits per heavy atom. The molecule has 8 heteroatoms. The minimum absolute atomic E-state index is 0.0608. The number of nitro groups is 1. The molecule has 0 saturated carbocycles. The van der Waals surface area contributed by atoms with Gasteiger partial charge in [0.25, 0.3) is 5.69 Å². The van der Waals surface area contributed by atoms with E-state index in [4.69, 9.17) is 4.52 Å². The van der Waals surface area contributed by atoms with E-state index >= 15 is 0 Å². The highest BCUT2D eigenvalue weighted by atomic mass is 32.2. The molecule has 21 heavy (non-hydrogen) atoms. The summed E-state index contributed by atoms with van der Waals surface area (Å²) in [5.41, 5.74) is 0.735. The summed E-state index contributed by atoms with van der Waals surface area (Å²) in [7, 11) is 3.73. The first-order chi connectivity index (χ1) is 9.99. The Bertz CT molecular complexity index is 692. The van der Waals surface area contributed by atoms with E-state index in [0.29, 0.717) is 16.5 Å². The molecule has 0 aliphatic heterocycles. The van der Waals surface area contributed by atoms with Gasteiger partial charge in [-0.15, -0.1) is 0 Å². The van der Waals surface area contributed by atoms with Crippen LogP contribution < -0.4 is 5.32 Å². The molecule has 2 aromatic rings. The molecule has 7 nitrogen and oxygen atoms in total. The molecule has 0 atom stereocenters. The SMILES string of the molecule is Cc1noc(NC=[N+](C)C)c1Sc1ccccc1[N+](=O)[O-]. The van der Waals surface area contributed by atoms with Gasteiger partial charge in [-0.25, -0.2) is 5.32 Å². The van der Waals surface area contributed by atoms with E-state index in [1.165, 1.54) is 17.8 Å². The second-order valence-electron chi connectivity index (χ2n) is 4.49. The second-order valence-corrected chi connectivity index (χ2v) is 5.54. The van der Waals surface area contributed by atoms with Crippen molar-refractivity contribution in [2.75, 3.05) is 19.4 Å². The summed E-state index contributed by atoms with van der Waals surface area (Å²) >= 11 is 1.26. The molecule has 0 bridgehead atoms. The molecule has 0 unspecified atom stereocenters. The number of hydrogen-bond donors (Lipinski definition) is 1. The van der Waals surface area contributed by atoms with Gasteiger partial charge in [0.05, 0.1) is 29.6 Å².